The van der Waals surface area contributed by atoms with E-state index >= 15 is 0 Å². The van der Waals surface area contributed by atoms with Crippen LogP contribution in [-0.2, 0) is 35.2 Å². The van der Waals surface area contributed by atoms with Crippen molar-refractivity contribution in [2.75, 3.05) is 13.7 Å². The van der Waals surface area contributed by atoms with E-state index < -0.39 is 35.9 Å². The molecule has 0 aliphatic heterocycles. The number of rotatable bonds is 9. The van der Waals surface area contributed by atoms with E-state index in [9.17, 15) is 13.8 Å². The molecule has 2 atom stereocenters. The van der Waals surface area contributed by atoms with Crippen LogP contribution in [0.1, 0.15) is 32.8 Å². The van der Waals surface area contributed by atoms with Crippen LogP contribution in [0.15, 0.2) is 24.3 Å². The lowest BCUT2D eigenvalue weighted by atomic mass is 9.82. The minimum Gasteiger partial charge on any atom is -0.482 e. The zero-order chi connectivity index (χ0) is 19.7. The van der Waals surface area contributed by atoms with Crippen molar-refractivity contribution in [2.24, 2.45) is 0 Å². The van der Waals surface area contributed by atoms with Crippen LogP contribution in [0.2, 0.25) is 0 Å². The van der Waals surface area contributed by atoms with Crippen LogP contribution in [0.5, 0.6) is 5.75 Å². The average Bonchev–Trinajstić information content (AvgIpc) is 2.64. The van der Waals surface area contributed by atoms with Gasteiger partial charge in [-0.15, -0.1) is 0 Å². The summed E-state index contributed by atoms with van der Waals surface area (Å²) in [4.78, 5) is 23.3. The summed E-state index contributed by atoms with van der Waals surface area (Å²) in [5, 5.41) is 8.79. The summed E-state index contributed by atoms with van der Waals surface area (Å²) in [6.07, 6.45) is -0.815. The summed E-state index contributed by atoms with van der Waals surface area (Å²) < 4.78 is 27.6. The molecule has 0 saturated heterocycles. The van der Waals surface area contributed by atoms with E-state index in [2.05, 4.69) is 34.4 Å². The van der Waals surface area contributed by atoms with Crippen molar-refractivity contribution in [3.05, 3.63) is 29.8 Å². The Hall–Kier alpha value is -2.28. The number of benzene rings is 1. The lowest BCUT2D eigenvalue weighted by molar-refractivity contribution is -0.164. The molecule has 0 aromatic heterocycles. The van der Waals surface area contributed by atoms with Gasteiger partial charge in [-0.3, -0.25) is 0 Å². The molecule has 0 aliphatic rings. The summed E-state index contributed by atoms with van der Waals surface area (Å²) >= 11 is -2.05. The smallest absolute Gasteiger partial charge is 0.359 e. The van der Waals surface area contributed by atoms with Crippen LogP contribution in [0.4, 0.5) is 0 Å². The van der Waals surface area contributed by atoms with Crippen LogP contribution in [-0.4, -0.2) is 35.9 Å². The molecule has 1 N–H and O–H groups in total. The topological polar surface area (TPSA) is 115 Å². The first-order valence-corrected chi connectivity index (χ1v) is 8.94. The molecule has 1 aromatic carbocycles. The Balaban J connectivity index is 2.55. The molecule has 0 amide bonds. The van der Waals surface area contributed by atoms with Gasteiger partial charge >= 0.3 is 11.9 Å². The highest BCUT2D eigenvalue weighted by Crippen LogP contribution is 2.27. The monoisotopic (exact) mass is 382 g/mol. The van der Waals surface area contributed by atoms with Crippen molar-refractivity contribution in [2.45, 2.75) is 38.7 Å². The largest absolute Gasteiger partial charge is 0.482 e. The van der Waals surface area contributed by atoms with Gasteiger partial charge in [0.2, 0.25) is 11.3 Å². The molecule has 2 unspecified atom stereocenters. The molecule has 0 radical (unpaired) electrons. The Morgan fingerprint density at radius 2 is 1.92 bits per heavy atom. The number of hydrogen-bond acceptors (Lipinski definition) is 7. The number of ether oxygens (including phenoxy) is 2. The molecule has 26 heavy (non-hydrogen) atoms. The van der Waals surface area contributed by atoms with Crippen LogP contribution >= 0.6 is 0 Å². The van der Waals surface area contributed by atoms with Gasteiger partial charge in [0.1, 0.15) is 11.8 Å². The second-order valence-electron chi connectivity index (χ2n) is 5.89. The maximum atomic E-state index is 11.7. The van der Waals surface area contributed by atoms with Gasteiger partial charge in [-0.05, 0) is 36.6 Å². The Kier molecular flexibility index (Phi) is 8.38. The predicted molar refractivity (Wildman–Crippen MR) is 94.0 cm³/mol. The molecule has 1 rings (SSSR count). The SMILES string of the molecule is CCC(C)(C)c1ccc(OCC(=O)OC(=O)C(C#N)OS(=O)NC)cc1. The number of esters is 2. The van der Waals surface area contributed by atoms with Gasteiger partial charge in [0.05, 0.1) is 0 Å². The second-order valence-corrected chi connectivity index (χ2v) is 6.96. The molecular weight excluding hydrogens is 360 g/mol. The molecule has 8 nitrogen and oxygen atoms in total. The maximum Gasteiger partial charge on any atom is 0.359 e. The van der Waals surface area contributed by atoms with Crippen LogP contribution in [0.25, 0.3) is 0 Å². The standard InChI is InChI=1S/C17H22N2O6S/c1-5-17(2,3)12-6-8-13(9-7-12)23-11-15(20)24-16(21)14(10-18)25-26(22)19-4/h6-9,14,19H,5,11H2,1-4H3. The fourth-order valence-electron chi connectivity index (χ4n) is 1.79. The molecule has 142 valence electrons. The minimum atomic E-state index is -2.05. The molecule has 0 fully saturated rings. The maximum absolute atomic E-state index is 11.7. The van der Waals surface area contributed by atoms with Gasteiger partial charge < -0.3 is 9.47 Å². The van der Waals surface area contributed by atoms with Gasteiger partial charge in [-0.2, -0.15) is 5.26 Å². The van der Waals surface area contributed by atoms with E-state index in [1.807, 2.05) is 12.1 Å². The van der Waals surface area contributed by atoms with E-state index in [-0.39, 0.29) is 5.41 Å². The van der Waals surface area contributed by atoms with Gasteiger partial charge in [0.25, 0.3) is 6.10 Å². The van der Waals surface area contributed by atoms with Crippen molar-refractivity contribution >= 4 is 23.2 Å². The zero-order valence-corrected chi connectivity index (χ0v) is 15.9. The van der Waals surface area contributed by atoms with Crippen molar-refractivity contribution < 1.29 is 27.5 Å². The molecule has 9 heteroatoms. The number of hydrogen-bond donors (Lipinski definition) is 1. The fourth-order valence-corrected chi connectivity index (χ4v) is 2.19. The van der Waals surface area contributed by atoms with E-state index in [0.717, 1.165) is 12.0 Å². The first kappa shape index (κ1) is 21.8. The van der Waals surface area contributed by atoms with Crippen LogP contribution in [0, 0.1) is 11.3 Å². The highest BCUT2D eigenvalue weighted by molar-refractivity contribution is 7.78. The molecule has 1 aromatic rings. The quantitative estimate of drug-likeness (QED) is 0.509. The number of carbonyl (C=O) groups is 2. The molecule has 0 spiro atoms. The molecule has 0 bridgehead atoms. The lowest BCUT2D eigenvalue weighted by Gasteiger charge is -2.23. The van der Waals surface area contributed by atoms with E-state index in [0.29, 0.717) is 5.75 Å². The van der Waals surface area contributed by atoms with Crippen molar-refractivity contribution in [3.8, 4) is 11.8 Å². The molecular formula is C17H22N2O6S. The molecule has 0 saturated carbocycles. The summed E-state index contributed by atoms with van der Waals surface area (Å²) in [5.41, 5.74) is 1.17. The predicted octanol–water partition coefficient (Wildman–Crippen LogP) is 1.53. The third-order valence-corrected chi connectivity index (χ3v) is 4.47. The van der Waals surface area contributed by atoms with Gasteiger partial charge in [0, 0.05) is 0 Å². The van der Waals surface area contributed by atoms with Gasteiger partial charge in [0.15, 0.2) is 6.61 Å². The van der Waals surface area contributed by atoms with Crippen molar-refractivity contribution in [1.29, 1.82) is 5.26 Å². The number of nitrogens with one attached hydrogen (secondary N) is 1. The Morgan fingerprint density at radius 3 is 2.42 bits per heavy atom. The van der Waals surface area contributed by atoms with Crippen LogP contribution < -0.4 is 9.46 Å². The lowest BCUT2D eigenvalue weighted by Crippen LogP contribution is -2.32. The highest BCUT2D eigenvalue weighted by Gasteiger charge is 2.26. The number of carbonyl (C=O) groups excluding carboxylic acids is 2. The molecule has 0 aliphatic carbocycles. The van der Waals surface area contributed by atoms with E-state index in [1.54, 1.807) is 12.1 Å². The zero-order valence-electron chi connectivity index (χ0n) is 15.1. The minimum absolute atomic E-state index is 0.0314. The third-order valence-electron chi connectivity index (χ3n) is 3.77. The summed E-state index contributed by atoms with van der Waals surface area (Å²) in [6.45, 7) is 5.83. The van der Waals surface area contributed by atoms with Crippen molar-refractivity contribution in [1.82, 2.24) is 4.72 Å². The Labute approximate surface area is 155 Å². The number of nitriles is 1. The second kappa shape index (κ2) is 10.0. The van der Waals surface area contributed by atoms with Crippen LogP contribution in [0.3, 0.4) is 0 Å². The van der Waals surface area contributed by atoms with E-state index in [1.165, 1.54) is 13.1 Å². The first-order chi connectivity index (χ1) is 12.2. The normalized spacial score (nSPS) is 13.3. The van der Waals surface area contributed by atoms with Gasteiger partial charge in [-0.25, -0.2) is 22.7 Å². The summed E-state index contributed by atoms with van der Waals surface area (Å²) in [5.74, 6) is -1.81. The summed E-state index contributed by atoms with van der Waals surface area (Å²) in [6, 6.07) is 8.70. The van der Waals surface area contributed by atoms with Gasteiger partial charge in [-0.1, -0.05) is 32.9 Å². The fraction of sp³-hybridized carbons (Fsp3) is 0.471. The average molecular weight is 382 g/mol. The first-order valence-electron chi connectivity index (χ1n) is 7.87. The van der Waals surface area contributed by atoms with Crippen molar-refractivity contribution in [3.63, 3.8) is 0 Å². The Morgan fingerprint density at radius 1 is 1.31 bits per heavy atom. The third kappa shape index (κ3) is 6.55. The summed E-state index contributed by atoms with van der Waals surface area (Å²) in [7, 11) is 1.31. The van der Waals surface area contributed by atoms with E-state index in [4.69, 9.17) is 10.00 Å². The highest BCUT2D eigenvalue weighted by atomic mass is 32.2. The molecule has 0 heterocycles. The number of nitrogens with zero attached hydrogens (tertiary/aromatic N) is 1. The Bertz CT molecular complexity index is 696.